The van der Waals surface area contributed by atoms with E-state index in [-0.39, 0.29) is 0 Å². The Morgan fingerprint density at radius 2 is 0.803 bits per heavy atom. The van der Waals surface area contributed by atoms with Crippen LogP contribution in [0, 0.1) is 0 Å². The predicted octanol–water partition coefficient (Wildman–Crippen LogP) is 18.3. The summed E-state index contributed by atoms with van der Waals surface area (Å²) in [5.74, 6) is 0. The van der Waals surface area contributed by atoms with Crippen LogP contribution in [0.4, 0.5) is 17.1 Å². The van der Waals surface area contributed by atoms with E-state index in [1.807, 2.05) is 0 Å². The number of furan rings is 1. The highest BCUT2D eigenvalue weighted by Gasteiger charge is 2.25. The molecule has 66 heavy (non-hydrogen) atoms. The lowest BCUT2D eigenvalue weighted by Gasteiger charge is -2.29. The molecule has 0 atom stereocenters. The zero-order chi connectivity index (χ0) is 43.6. The molecule has 12 aromatic carbocycles. The van der Waals surface area contributed by atoms with Crippen molar-refractivity contribution in [2.45, 2.75) is 0 Å². The van der Waals surface area contributed by atoms with Gasteiger partial charge in [-0.25, -0.2) is 0 Å². The molecular weight excluding hydrogens is 799 g/mol. The average molecular weight is 840 g/mol. The van der Waals surface area contributed by atoms with Gasteiger partial charge >= 0.3 is 0 Å². The minimum atomic E-state index is 0.853. The summed E-state index contributed by atoms with van der Waals surface area (Å²) < 4.78 is 7.10. The van der Waals surface area contributed by atoms with Crippen molar-refractivity contribution in [3.63, 3.8) is 0 Å². The Morgan fingerprint density at radius 3 is 1.55 bits per heavy atom. The minimum absolute atomic E-state index is 0.853. The van der Waals surface area contributed by atoms with Gasteiger partial charge in [-0.05, 0) is 131 Å². The van der Waals surface area contributed by atoms with Crippen LogP contribution in [-0.4, -0.2) is 0 Å². The van der Waals surface area contributed by atoms with Crippen LogP contribution in [0.5, 0.6) is 0 Å². The van der Waals surface area contributed by atoms with Crippen molar-refractivity contribution in [3.05, 3.63) is 249 Å². The van der Waals surface area contributed by atoms with Crippen LogP contribution in [0.15, 0.2) is 253 Å². The van der Waals surface area contributed by atoms with Crippen molar-refractivity contribution < 1.29 is 4.42 Å². The first-order valence-corrected chi connectivity index (χ1v) is 22.7. The Morgan fingerprint density at radius 1 is 0.273 bits per heavy atom. The van der Waals surface area contributed by atoms with E-state index in [2.05, 4.69) is 254 Å². The second-order valence-electron chi connectivity index (χ2n) is 17.2. The maximum atomic E-state index is 7.10. The Hall–Kier alpha value is -8.72. The first-order valence-electron chi connectivity index (χ1n) is 22.7. The van der Waals surface area contributed by atoms with Gasteiger partial charge in [-0.1, -0.05) is 194 Å². The van der Waals surface area contributed by atoms with Gasteiger partial charge < -0.3 is 9.32 Å². The van der Waals surface area contributed by atoms with Crippen LogP contribution in [0.3, 0.4) is 0 Å². The summed E-state index contributed by atoms with van der Waals surface area (Å²) in [4.78, 5) is 2.46. The first-order chi connectivity index (χ1) is 32.7. The Bertz CT molecular complexity index is 4010. The monoisotopic (exact) mass is 839 g/mol. The molecule has 1 aromatic heterocycles. The van der Waals surface area contributed by atoms with E-state index < -0.39 is 0 Å². The molecule has 0 radical (unpaired) electrons. The van der Waals surface area contributed by atoms with E-state index in [4.69, 9.17) is 4.42 Å². The number of nitrogens with zero attached hydrogens (tertiary/aromatic N) is 1. The van der Waals surface area contributed by atoms with Gasteiger partial charge in [0.2, 0.25) is 0 Å². The number of hydrogen-bond acceptors (Lipinski definition) is 2. The molecule has 0 aliphatic heterocycles. The average Bonchev–Trinajstić information content (AvgIpc) is 3.79. The lowest BCUT2D eigenvalue weighted by molar-refractivity contribution is 0.670. The van der Waals surface area contributed by atoms with Gasteiger partial charge in [0.15, 0.2) is 0 Å². The van der Waals surface area contributed by atoms with Gasteiger partial charge in [-0.15, -0.1) is 0 Å². The quantitative estimate of drug-likeness (QED) is 0.149. The molecule has 0 aliphatic carbocycles. The topological polar surface area (TPSA) is 16.4 Å². The number of rotatable bonds is 7. The molecule has 0 N–H and O–H groups in total. The highest BCUT2D eigenvalue weighted by atomic mass is 16.3. The third kappa shape index (κ3) is 6.18. The molecule has 2 nitrogen and oxygen atoms in total. The zero-order valence-corrected chi connectivity index (χ0v) is 36.0. The highest BCUT2D eigenvalue weighted by molar-refractivity contribution is 6.21. The lowest BCUT2D eigenvalue weighted by Crippen LogP contribution is -2.12. The van der Waals surface area contributed by atoms with Crippen molar-refractivity contribution in [3.8, 4) is 44.5 Å². The summed E-state index contributed by atoms with van der Waals surface area (Å²) in [5, 5.41) is 12.0. The Labute approximate surface area is 382 Å². The summed E-state index contributed by atoms with van der Waals surface area (Å²) in [5.41, 5.74) is 14.1. The largest absolute Gasteiger partial charge is 0.455 e. The van der Waals surface area contributed by atoms with Crippen LogP contribution < -0.4 is 4.90 Å². The van der Waals surface area contributed by atoms with E-state index in [9.17, 15) is 0 Å². The molecule has 13 aromatic rings. The fourth-order valence-electron chi connectivity index (χ4n) is 10.4. The van der Waals surface area contributed by atoms with Gasteiger partial charge in [0.05, 0.1) is 16.8 Å². The number of hydrogen-bond donors (Lipinski definition) is 0. The molecule has 0 amide bonds. The third-order valence-electron chi connectivity index (χ3n) is 13.4. The molecule has 0 bridgehead atoms. The number of benzene rings is 12. The molecule has 0 unspecified atom stereocenters. The molecular formula is C64H41NO. The lowest BCUT2D eigenvalue weighted by atomic mass is 9.91. The maximum absolute atomic E-state index is 7.10. The van der Waals surface area contributed by atoms with Gasteiger partial charge in [-0.3, -0.25) is 0 Å². The molecule has 0 fully saturated rings. The van der Waals surface area contributed by atoms with Crippen LogP contribution in [-0.2, 0) is 0 Å². The number of fused-ring (bicyclic) bond motifs is 9. The molecule has 2 heteroatoms. The predicted molar refractivity (Wildman–Crippen MR) is 280 cm³/mol. The van der Waals surface area contributed by atoms with Gasteiger partial charge in [-0.2, -0.15) is 0 Å². The van der Waals surface area contributed by atoms with E-state index >= 15 is 0 Å². The Kier molecular flexibility index (Phi) is 8.89. The van der Waals surface area contributed by atoms with Crippen LogP contribution in [0.1, 0.15) is 0 Å². The van der Waals surface area contributed by atoms with Crippen molar-refractivity contribution in [1.82, 2.24) is 0 Å². The SMILES string of the molecule is c1ccc(-c2cccc(-c3ccccc3N(c3cccc(-c4cc5ccccc5c5ccccc45)c3)c3ccc(-c4cc5ccccc5c5ccccc45)c4oc5ccccc5c34)c2)cc1. The van der Waals surface area contributed by atoms with Crippen LogP contribution >= 0.6 is 0 Å². The van der Waals surface area contributed by atoms with Crippen LogP contribution in [0.25, 0.3) is 110 Å². The van der Waals surface area contributed by atoms with Crippen molar-refractivity contribution >= 4 is 82.1 Å². The summed E-state index contributed by atoms with van der Waals surface area (Å²) in [6.45, 7) is 0. The molecule has 0 aliphatic rings. The fourth-order valence-corrected chi connectivity index (χ4v) is 10.4. The van der Waals surface area contributed by atoms with E-state index in [0.717, 1.165) is 66.8 Å². The summed E-state index contributed by atoms with van der Waals surface area (Å²) in [7, 11) is 0. The molecule has 1 heterocycles. The summed E-state index contributed by atoms with van der Waals surface area (Å²) in [6.07, 6.45) is 0. The first kappa shape index (κ1) is 37.8. The minimum Gasteiger partial charge on any atom is -0.455 e. The number of anilines is 3. The van der Waals surface area contributed by atoms with E-state index in [1.54, 1.807) is 0 Å². The standard InChI is InChI=1S/C64H41NO/c1-2-18-42(19-3-1)43-22-16-23-44(38-43)51-28-12-14-34-60(51)65(48-25-17-24-45(39-48)58-40-46-20-4-6-26-49(46)52-29-8-10-31-54(52)58)61-37-36-56(64-63(61)57-33-13-15-35-62(57)66-64)59-41-47-21-5-7-27-50(47)53-30-9-11-32-55(53)59/h1-41H. The van der Waals surface area contributed by atoms with Gasteiger partial charge in [0.25, 0.3) is 0 Å². The third-order valence-corrected chi connectivity index (χ3v) is 13.4. The van der Waals surface area contributed by atoms with Crippen LogP contribution in [0.2, 0.25) is 0 Å². The van der Waals surface area contributed by atoms with Crippen molar-refractivity contribution in [2.24, 2.45) is 0 Å². The van der Waals surface area contributed by atoms with E-state index in [1.165, 1.54) is 59.8 Å². The van der Waals surface area contributed by atoms with Gasteiger partial charge in [0, 0.05) is 22.2 Å². The highest BCUT2D eigenvalue weighted by Crippen LogP contribution is 2.50. The van der Waals surface area contributed by atoms with Crippen molar-refractivity contribution in [1.29, 1.82) is 0 Å². The van der Waals surface area contributed by atoms with Crippen molar-refractivity contribution in [2.75, 3.05) is 4.90 Å². The maximum Gasteiger partial charge on any atom is 0.145 e. The second-order valence-corrected chi connectivity index (χ2v) is 17.2. The molecule has 0 saturated carbocycles. The smallest absolute Gasteiger partial charge is 0.145 e. The molecule has 0 spiro atoms. The summed E-state index contributed by atoms with van der Waals surface area (Å²) in [6, 6.07) is 90.3. The fraction of sp³-hybridized carbons (Fsp3) is 0. The molecule has 0 saturated heterocycles. The summed E-state index contributed by atoms with van der Waals surface area (Å²) >= 11 is 0. The Balaban J connectivity index is 1.10. The zero-order valence-electron chi connectivity index (χ0n) is 36.0. The molecule has 308 valence electrons. The molecule has 13 rings (SSSR count). The second kappa shape index (κ2) is 15.5. The normalized spacial score (nSPS) is 11.6. The van der Waals surface area contributed by atoms with Gasteiger partial charge in [0.1, 0.15) is 11.2 Å². The number of para-hydroxylation sites is 2. The van der Waals surface area contributed by atoms with E-state index in [0.29, 0.717) is 0 Å².